The van der Waals surface area contributed by atoms with Crippen LogP contribution < -0.4 is 10.9 Å². The number of rotatable bonds is 5. The molecule has 7 nitrogen and oxygen atoms in total. The molecule has 0 fully saturated rings. The average Bonchev–Trinajstić information content (AvgIpc) is 3.02. The lowest BCUT2D eigenvalue weighted by molar-refractivity contribution is -0.125. The van der Waals surface area contributed by atoms with E-state index in [1.807, 2.05) is 20.8 Å². The van der Waals surface area contributed by atoms with E-state index in [4.69, 9.17) is 16.1 Å². The van der Waals surface area contributed by atoms with Crippen LogP contribution in [0.2, 0.25) is 5.02 Å². The van der Waals surface area contributed by atoms with Crippen molar-refractivity contribution in [2.45, 2.75) is 39.3 Å². The zero-order chi connectivity index (χ0) is 18.8. The molecule has 1 atom stereocenters. The molecular formula is C18H19ClN4O3. The monoisotopic (exact) mass is 374 g/mol. The Kier molecular flexibility index (Phi) is 5.08. The summed E-state index contributed by atoms with van der Waals surface area (Å²) in [7, 11) is 0. The van der Waals surface area contributed by atoms with E-state index < -0.39 is 6.04 Å². The van der Waals surface area contributed by atoms with Gasteiger partial charge in [-0.2, -0.15) is 0 Å². The lowest BCUT2D eigenvalue weighted by atomic mass is 10.1. The van der Waals surface area contributed by atoms with E-state index in [1.54, 1.807) is 24.3 Å². The minimum atomic E-state index is -0.658. The Labute approximate surface area is 155 Å². The Morgan fingerprint density at radius 2 is 2.00 bits per heavy atom. The Balaban J connectivity index is 2.13. The first-order chi connectivity index (χ1) is 12.4. The molecule has 1 amide bonds. The number of carbonyl (C=O) groups is 1. The number of halogens is 1. The largest absolute Gasteiger partial charge is 0.352 e. The molecule has 26 heavy (non-hydrogen) atoms. The second-order valence-electron chi connectivity index (χ2n) is 6.26. The number of hydrogen-bond acceptors (Lipinski definition) is 5. The smallest absolute Gasteiger partial charge is 0.267 e. The lowest BCUT2D eigenvalue weighted by Gasteiger charge is -2.18. The molecule has 3 rings (SSSR count). The highest BCUT2D eigenvalue weighted by atomic mass is 35.5. The molecule has 1 N–H and O–H groups in total. The SMILES string of the molecule is CC[C@H](C(=O)NC(C)C)n1cnc2onc(-c3ccc(Cl)cc3)c2c1=O. The summed E-state index contributed by atoms with van der Waals surface area (Å²) in [6.07, 6.45) is 1.78. The van der Waals surface area contributed by atoms with Gasteiger partial charge in [0.2, 0.25) is 5.91 Å². The highest BCUT2D eigenvalue weighted by Crippen LogP contribution is 2.26. The number of fused-ring (bicyclic) bond motifs is 1. The van der Waals surface area contributed by atoms with Crippen molar-refractivity contribution in [2.24, 2.45) is 0 Å². The van der Waals surface area contributed by atoms with E-state index >= 15 is 0 Å². The van der Waals surface area contributed by atoms with E-state index in [1.165, 1.54) is 10.9 Å². The summed E-state index contributed by atoms with van der Waals surface area (Å²) in [4.78, 5) is 29.7. The number of hydrogen-bond donors (Lipinski definition) is 1. The number of benzene rings is 1. The van der Waals surface area contributed by atoms with Gasteiger partial charge < -0.3 is 9.84 Å². The first-order valence-electron chi connectivity index (χ1n) is 8.35. The highest BCUT2D eigenvalue weighted by Gasteiger charge is 2.24. The summed E-state index contributed by atoms with van der Waals surface area (Å²) in [5.74, 6) is -0.227. The van der Waals surface area contributed by atoms with Crippen LogP contribution in [0.4, 0.5) is 0 Å². The maximum atomic E-state index is 13.1. The van der Waals surface area contributed by atoms with Crippen molar-refractivity contribution < 1.29 is 9.32 Å². The summed E-state index contributed by atoms with van der Waals surface area (Å²) in [5.41, 5.74) is 0.828. The van der Waals surface area contributed by atoms with Gasteiger partial charge in [0.15, 0.2) is 0 Å². The van der Waals surface area contributed by atoms with Gasteiger partial charge in [-0.25, -0.2) is 4.98 Å². The quantitative estimate of drug-likeness (QED) is 0.740. The van der Waals surface area contributed by atoms with Crippen LogP contribution in [0.1, 0.15) is 33.2 Å². The summed E-state index contributed by atoms with van der Waals surface area (Å²) in [6.45, 7) is 5.58. The fraction of sp³-hybridized carbons (Fsp3) is 0.333. The first-order valence-corrected chi connectivity index (χ1v) is 8.73. The third kappa shape index (κ3) is 3.35. The van der Waals surface area contributed by atoms with Gasteiger partial charge in [-0.15, -0.1) is 0 Å². The number of carbonyl (C=O) groups excluding carboxylic acids is 1. The molecule has 0 bridgehead atoms. The van der Waals surface area contributed by atoms with Crippen LogP contribution in [-0.2, 0) is 4.79 Å². The molecule has 0 saturated heterocycles. The van der Waals surface area contributed by atoms with Crippen molar-refractivity contribution >= 4 is 28.6 Å². The zero-order valence-corrected chi connectivity index (χ0v) is 15.4. The summed E-state index contributed by atoms with van der Waals surface area (Å²) in [5, 5.41) is 7.63. The number of nitrogens with zero attached hydrogens (tertiary/aromatic N) is 3. The Morgan fingerprint density at radius 1 is 1.31 bits per heavy atom. The van der Waals surface area contributed by atoms with Gasteiger partial charge >= 0.3 is 0 Å². The lowest BCUT2D eigenvalue weighted by Crippen LogP contribution is -2.40. The van der Waals surface area contributed by atoms with Crippen LogP contribution in [0.15, 0.2) is 39.9 Å². The van der Waals surface area contributed by atoms with Gasteiger partial charge in [0, 0.05) is 16.6 Å². The molecule has 2 heterocycles. The topological polar surface area (TPSA) is 90.0 Å². The molecule has 0 unspecified atom stereocenters. The molecule has 136 valence electrons. The van der Waals surface area contributed by atoms with E-state index in [0.717, 1.165) is 0 Å². The second-order valence-corrected chi connectivity index (χ2v) is 6.70. The van der Waals surface area contributed by atoms with E-state index in [2.05, 4.69) is 15.5 Å². The standard InChI is InChI=1S/C18H19ClN4O3/c1-4-13(16(24)21-10(2)3)23-9-20-17-14(18(23)25)15(22-26-17)11-5-7-12(19)8-6-11/h5-10,13H,4H2,1-3H3,(H,21,24)/t13-/m1/s1. The Hall–Kier alpha value is -2.67. The first kappa shape index (κ1) is 18.1. The van der Waals surface area contributed by atoms with Crippen LogP contribution in [0.25, 0.3) is 22.4 Å². The molecule has 0 saturated carbocycles. The second kappa shape index (κ2) is 7.29. The molecule has 8 heteroatoms. The van der Waals surface area contributed by atoms with Crippen molar-refractivity contribution in [3.8, 4) is 11.3 Å². The normalized spacial score (nSPS) is 12.5. The predicted octanol–water partition coefficient (Wildman–Crippen LogP) is 3.18. The van der Waals surface area contributed by atoms with Gasteiger partial charge in [-0.3, -0.25) is 14.2 Å². The minimum Gasteiger partial charge on any atom is -0.352 e. The molecule has 0 spiro atoms. The van der Waals surface area contributed by atoms with Crippen molar-refractivity contribution in [3.05, 3.63) is 46.0 Å². The highest BCUT2D eigenvalue weighted by molar-refractivity contribution is 6.30. The van der Waals surface area contributed by atoms with Gasteiger partial charge in [-0.05, 0) is 32.4 Å². The summed E-state index contributed by atoms with van der Waals surface area (Å²) < 4.78 is 6.53. The van der Waals surface area contributed by atoms with E-state index in [9.17, 15) is 9.59 Å². The van der Waals surface area contributed by atoms with E-state index in [0.29, 0.717) is 22.7 Å². The molecule has 0 aliphatic rings. The maximum Gasteiger partial charge on any atom is 0.267 e. The third-order valence-corrected chi connectivity index (χ3v) is 4.25. The molecule has 3 aromatic rings. The van der Waals surface area contributed by atoms with Crippen LogP contribution in [0, 0.1) is 0 Å². The number of aromatic nitrogens is 3. The fourth-order valence-electron chi connectivity index (χ4n) is 2.77. The van der Waals surface area contributed by atoms with E-state index in [-0.39, 0.29) is 28.6 Å². The number of nitrogens with one attached hydrogen (secondary N) is 1. The van der Waals surface area contributed by atoms with Crippen LogP contribution in [0.3, 0.4) is 0 Å². The Morgan fingerprint density at radius 3 is 2.62 bits per heavy atom. The predicted molar refractivity (Wildman–Crippen MR) is 99.1 cm³/mol. The Bertz CT molecular complexity index is 992. The van der Waals surface area contributed by atoms with Gasteiger partial charge in [0.05, 0.1) is 0 Å². The summed E-state index contributed by atoms with van der Waals surface area (Å²) >= 11 is 5.92. The molecule has 2 aromatic heterocycles. The van der Waals surface area contributed by atoms with Crippen LogP contribution >= 0.6 is 11.6 Å². The fourth-order valence-corrected chi connectivity index (χ4v) is 2.90. The number of amides is 1. The van der Waals surface area contributed by atoms with Gasteiger partial charge in [0.1, 0.15) is 23.4 Å². The molecule has 0 aliphatic heterocycles. The molecule has 0 radical (unpaired) electrons. The van der Waals surface area contributed by atoms with Crippen LogP contribution in [-0.4, -0.2) is 26.7 Å². The summed E-state index contributed by atoms with van der Waals surface area (Å²) in [6, 6.07) is 6.23. The molecule has 0 aliphatic carbocycles. The van der Waals surface area contributed by atoms with Crippen molar-refractivity contribution in [3.63, 3.8) is 0 Å². The van der Waals surface area contributed by atoms with Crippen molar-refractivity contribution in [2.75, 3.05) is 0 Å². The molecule has 1 aromatic carbocycles. The van der Waals surface area contributed by atoms with Crippen molar-refractivity contribution in [1.82, 2.24) is 20.0 Å². The van der Waals surface area contributed by atoms with Crippen LogP contribution in [0.5, 0.6) is 0 Å². The molecular weight excluding hydrogens is 356 g/mol. The zero-order valence-electron chi connectivity index (χ0n) is 14.7. The van der Waals surface area contributed by atoms with Gasteiger partial charge in [0.25, 0.3) is 11.3 Å². The van der Waals surface area contributed by atoms with Gasteiger partial charge in [-0.1, -0.05) is 35.8 Å². The maximum absolute atomic E-state index is 13.1. The minimum absolute atomic E-state index is 0.0239. The average molecular weight is 375 g/mol. The van der Waals surface area contributed by atoms with Crippen molar-refractivity contribution in [1.29, 1.82) is 0 Å². The third-order valence-electron chi connectivity index (χ3n) is 4.00.